The molecule has 7 heteroatoms. The molecule has 26 heavy (non-hydrogen) atoms. The van der Waals surface area contributed by atoms with Crippen LogP contribution in [0.25, 0.3) is 0 Å². The highest BCUT2D eigenvalue weighted by atomic mass is 35.5. The van der Waals surface area contributed by atoms with Crippen LogP contribution in [0, 0.1) is 0 Å². The zero-order chi connectivity index (χ0) is 18.1. The summed E-state index contributed by atoms with van der Waals surface area (Å²) in [5, 5.41) is 2.76. The molecule has 2 amide bonds. The molecule has 0 aromatic heterocycles. The number of nitrogens with zero attached hydrogens (tertiary/aromatic N) is 1. The normalized spacial score (nSPS) is 18.9. The lowest BCUT2D eigenvalue weighted by atomic mass is 10.0. The van der Waals surface area contributed by atoms with Crippen LogP contribution in [0.3, 0.4) is 0 Å². The van der Waals surface area contributed by atoms with Gasteiger partial charge in [-0.25, -0.2) is 0 Å². The fourth-order valence-corrected chi connectivity index (χ4v) is 2.89. The van der Waals surface area contributed by atoms with E-state index in [0.717, 1.165) is 0 Å². The second kappa shape index (κ2) is 7.68. The smallest absolute Gasteiger partial charge is 0.258 e. The second-order valence-electron chi connectivity index (χ2n) is 6.08. The van der Waals surface area contributed by atoms with Crippen molar-refractivity contribution in [1.82, 2.24) is 0 Å². The molecule has 3 rings (SSSR count). The Morgan fingerprint density at radius 2 is 1.62 bits per heavy atom. The maximum atomic E-state index is 13.1. The second-order valence-corrected chi connectivity index (χ2v) is 6.08. The summed E-state index contributed by atoms with van der Waals surface area (Å²) in [5.74, 6) is -0.673. The molecule has 0 saturated carbocycles. The Labute approximate surface area is 157 Å². The van der Waals surface area contributed by atoms with Gasteiger partial charge < -0.3 is 16.0 Å². The van der Waals surface area contributed by atoms with Crippen molar-refractivity contribution in [2.24, 2.45) is 5.73 Å². The van der Waals surface area contributed by atoms with Gasteiger partial charge in [-0.3, -0.25) is 14.4 Å². The predicted octanol–water partition coefficient (Wildman–Crippen LogP) is 2.63. The Hall–Kier alpha value is -2.70. The van der Waals surface area contributed by atoms with E-state index >= 15 is 0 Å². The minimum absolute atomic E-state index is 0. The molecule has 1 heterocycles. The van der Waals surface area contributed by atoms with Crippen molar-refractivity contribution in [3.05, 3.63) is 59.7 Å². The van der Waals surface area contributed by atoms with E-state index in [2.05, 4.69) is 5.32 Å². The van der Waals surface area contributed by atoms with Crippen molar-refractivity contribution in [2.45, 2.75) is 25.9 Å². The number of benzene rings is 2. The highest BCUT2D eigenvalue weighted by Crippen LogP contribution is 2.32. The quantitative estimate of drug-likeness (QED) is 0.791. The number of hydrogen-bond acceptors (Lipinski definition) is 4. The monoisotopic (exact) mass is 373 g/mol. The van der Waals surface area contributed by atoms with Gasteiger partial charge in [0.15, 0.2) is 5.78 Å². The molecule has 2 aromatic rings. The molecule has 0 bridgehead atoms. The molecule has 2 aromatic carbocycles. The van der Waals surface area contributed by atoms with Gasteiger partial charge in [0.1, 0.15) is 6.04 Å². The zero-order valence-electron chi connectivity index (χ0n) is 14.4. The first-order chi connectivity index (χ1) is 11.9. The molecule has 0 fully saturated rings. The molecule has 0 radical (unpaired) electrons. The largest absolute Gasteiger partial charge is 0.323 e. The lowest BCUT2D eigenvalue weighted by molar-refractivity contribution is -0.117. The number of para-hydroxylation sites is 2. The third-order valence-electron chi connectivity index (χ3n) is 4.41. The lowest BCUT2D eigenvalue weighted by Gasteiger charge is -2.30. The number of halogens is 1. The predicted molar refractivity (Wildman–Crippen MR) is 103 cm³/mol. The Balaban J connectivity index is 0.00000243. The molecule has 1 aliphatic heterocycles. The Morgan fingerprint density at radius 1 is 1.04 bits per heavy atom. The summed E-state index contributed by atoms with van der Waals surface area (Å²) in [6, 6.07) is 12.2. The molecule has 0 unspecified atom stereocenters. The van der Waals surface area contributed by atoms with E-state index in [0.29, 0.717) is 22.5 Å². The van der Waals surface area contributed by atoms with Crippen LogP contribution >= 0.6 is 12.4 Å². The van der Waals surface area contributed by atoms with Crippen LogP contribution < -0.4 is 16.0 Å². The average molecular weight is 374 g/mol. The summed E-state index contributed by atoms with van der Waals surface area (Å²) >= 11 is 0. The number of anilines is 2. The molecule has 136 valence electrons. The number of hydrogen-bond donors (Lipinski definition) is 2. The number of carbonyl (C=O) groups excluding carboxylic acids is 3. The van der Waals surface area contributed by atoms with Crippen LogP contribution in [0.1, 0.15) is 34.6 Å². The molecule has 0 aliphatic carbocycles. The number of carbonyl (C=O) groups is 3. The van der Waals surface area contributed by atoms with Crippen molar-refractivity contribution < 1.29 is 14.4 Å². The summed E-state index contributed by atoms with van der Waals surface area (Å²) in [6.07, 6.45) is 0. The molecule has 6 nitrogen and oxygen atoms in total. The SMILES string of the molecule is CC(=O)c1ccc(C(=O)N2c3ccccc3NC(=O)[C@@H](N)[C@@H]2C)cc1.Cl. The molecule has 2 atom stereocenters. The molecule has 0 saturated heterocycles. The third kappa shape index (κ3) is 3.47. The van der Waals surface area contributed by atoms with Crippen LogP contribution in [0.2, 0.25) is 0 Å². The van der Waals surface area contributed by atoms with Crippen molar-refractivity contribution in [1.29, 1.82) is 0 Å². The van der Waals surface area contributed by atoms with E-state index in [1.54, 1.807) is 55.5 Å². The number of rotatable bonds is 2. The first-order valence-electron chi connectivity index (χ1n) is 8.00. The van der Waals surface area contributed by atoms with Crippen molar-refractivity contribution in [2.75, 3.05) is 10.2 Å². The van der Waals surface area contributed by atoms with Crippen LogP contribution in [-0.4, -0.2) is 29.7 Å². The minimum Gasteiger partial charge on any atom is -0.323 e. The standard InChI is InChI=1S/C19H19N3O3.ClH/c1-11-17(20)18(24)21-15-5-3-4-6-16(15)22(11)19(25)14-9-7-13(8-10-14)12(2)23;/h3-11,17H,20H2,1-2H3,(H,21,24);1H/t11-,17-;/m0./s1. The van der Waals surface area contributed by atoms with E-state index in [4.69, 9.17) is 5.73 Å². The number of nitrogens with one attached hydrogen (secondary N) is 1. The lowest BCUT2D eigenvalue weighted by Crippen LogP contribution is -2.52. The fourth-order valence-electron chi connectivity index (χ4n) is 2.89. The Kier molecular flexibility index (Phi) is 5.79. The van der Waals surface area contributed by atoms with Crippen LogP contribution in [0.5, 0.6) is 0 Å². The van der Waals surface area contributed by atoms with Gasteiger partial charge in [0.25, 0.3) is 5.91 Å². The average Bonchev–Trinajstić information content (AvgIpc) is 2.70. The number of amides is 2. The Bertz CT molecular complexity index is 851. The summed E-state index contributed by atoms with van der Waals surface area (Å²) in [5.41, 5.74) is 8.12. The zero-order valence-corrected chi connectivity index (χ0v) is 15.2. The van der Waals surface area contributed by atoms with Gasteiger partial charge in [0.05, 0.1) is 17.4 Å². The maximum Gasteiger partial charge on any atom is 0.258 e. The van der Waals surface area contributed by atoms with Gasteiger partial charge in [-0.1, -0.05) is 24.3 Å². The highest BCUT2D eigenvalue weighted by Gasteiger charge is 2.35. The van der Waals surface area contributed by atoms with Gasteiger partial charge >= 0.3 is 0 Å². The fraction of sp³-hybridized carbons (Fsp3) is 0.211. The van der Waals surface area contributed by atoms with E-state index < -0.39 is 12.1 Å². The minimum atomic E-state index is -0.854. The third-order valence-corrected chi connectivity index (χ3v) is 4.41. The molecular formula is C19H20ClN3O3. The van der Waals surface area contributed by atoms with E-state index in [1.165, 1.54) is 11.8 Å². The van der Waals surface area contributed by atoms with Gasteiger partial charge in [-0.15, -0.1) is 12.4 Å². The van der Waals surface area contributed by atoms with Crippen molar-refractivity contribution in [3.63, 3.8) is 0 Å². The molecule has 1 aliphatic rings. The molecule has 0 spiro atoms. The summed E-state index contributed by atoms with van der Waals surface area (Å²) in [6.45, 7) is 3.22. The van der Waals surface area contributed by atoms with E-state index in [1.807, 2.05) is 0 Å². The number of ketones is 1. The Morgan fingerprint density at radius 3 is 2.23 bits per heavy atom. The number of Topliss-reactive ketones (excluding diaryl/α,β-unsaturated/α-hetero) is 1. The summed E-state index contributed by atoms with van der Waals surface area (Å²) < 4.78 is 0. The van der Waals surface area contributed by atoms with Gasteiger partial charge in [0.2, 0.25) is 5.91 Å². The molecular weight excluding hydrogens is 354 g/mol. The van der Waals surface area contributed by atoms with E-state index in [-0.39, 0.29) is 30.0 Å². The van der Waals surface area contributed by atoms with Crippen LogP contribution in [0.4, 0.5) is 11.4 Å². The van der Waals surface area contributed by atoms with Crippen molar-refractivity contribution >= 4 is 41.4 Å². The maximum absolute atomic E-state index is 13.1. The summed E-state index contributed by atoms with van der Waals surface area (Å²) in [7, 11) is 0. The first-order valence-corrected chi connectivity index (χ1v) is 8.00. The van der Waals surface area contributed by atoms with Gasteiger partial charge in [-0.05, 0) is 38.1 Å². The highest BCUT2D eigenvalue weighted by molar-refractivity contribution is 6.12. The van der Waals surface area contributed by atoms with Crippen LogP contribution in [-0.2, 0) is 4.79 Å². The van der Waals surface area contributed by atoms with Gasteiger partial charge in [-0.2, -0.15) is 0 Å². The van der Waals surface area contributed by atoms with Gasteiger partial charge in [0, 0.05) is 11.1 Å². The summed E-state index contributed by atoms with van der Waals surface area (Å²) in [4.78, 5) is 38.2. The number of nitrogens with two attached hydrogens (primary N) is 1. The topological polar surface area (TPSA) is 92.5 Å². The molecule has 3 N–H and O–H groups in total. The first kappa shape index (κ1) is 19.6. The van der Waals surface area contributed by atoms with Crippen molar-refractivity contribution in [3.8, 4) is 0 Å². The van der Waals surface area contributed by atoms with Crippen LogP contribution in [0.15, 0.2) is 48.5 Å². The van der Waals surface area contributed by atoms with E-state index in [9.17, 15) is 14.4 Å². The number of fused-ring (bicyclic) bond motifs is 1.